The van der Waals surface area contributed by atoms with Gasteiger partial charge in [-0.15, -0.1) is 0 Å². The minimum Gasteiger partial charge on any atom is -0.384 e. The van der Waals surface area contributed by atoms with Gasteiger partial charge in [-0.2, -0.15) is 0 Å². The molecule has 1 fully saturated rings. The smallest absolute Gasteiger partial charge is 0.0507 e. The van der Waals surface area contributed by atoms with Crippen LogP contribution >= 0.6 is 0 Å². The lowest BCUT2D eigenvalue weighted by molar-refractivity contribution is 0.143. The van der Waals surface area contributed by atoms with Crippen LogP contribution in [0, 0.1) is 5.92 Å². The molecule has 20 heavy (non-hydrogen) atoms. The molecule has 2 rings (SSSR count). The summed E-state index contributed by atoms with van der Waals surface area (Å²) in [5, 5.41) is 0. The van der Waals surface area contributed by atoms with E-state index in [2.05, 4.69) is 36.1 Å². The Labute approximate surface area is 123 Å². The highest BCUT2D eigenvalue weighted by atomic mass is 16.5. The van der Waals surface area contributed by atoms with Crippen LogP contribution in [0.15, 0.2) is 24.3 Å². The maximum Gasteiger partial charge on any atom is 0.0507 e. The number of rotatable bonds is 6. The predicted molar refractivity (Wildman–Crippen MR) is 85.2 cm³/mol. The summed E-state index contributed by atoms with van der Waals surface area (Å²) in [6.45, 7) is 5.28. The van der Waals surface area contributed by atoms with Gasteiger partial charge >= 0.3 is 0 Å². The molecule has 3 nitrogen and oxygen atoms in total. The lowest BCUT2D eigenvalue weighted by Crippen LogP contribution is -2.38. The van der Waals surface area contributed by atoms with Crippen LogP contribution in [-0.4, -0.2) is 32.8 Å². The zero-order valence-electron chi connectivity index (χ0n) is 12.8. The van der Waals surface area contributed by atoms with Crippen molar-refractivity contribution in [3.05, 3.63) is 29.8 Å². The van der Waals surface area contributed by atoms with Crippen molar-refractivity contribution in [2.75, 3.05) is 31.7 Å². The van der Waals surface area contributed by atoms with E-state index in [0.717, 1.165) is 32.5 Å². The van der Waals surface area contributed by atoms with Crippen molar-refractivity contribution in [2.45, 2.75) is 38.6 Å². The highest BCUT2D eigenvalue weighted by molar-refractivity contribution is 5.54. The second-order valence-electron chi connectivity index (χ2n) is 5.91. The lowest BCUT2D eigenvalue weighted by Gasteiger charge is -2.35. The Kier molecular flexibility index (Phi) is 5.86. The van der Waals surface area contributed by atoms with Crippen molar-refractivity contribution in [3.8, 4) is 0 Å². The first-order chi connectivity index (χ1) is 9.74. The molecule has 2 N–H and O–H groups in total. The van der Waals surface area contributed by atoms with E-state index in [1.54, 1.807) is 7.11 Å². The highest BCUT2D eigenvalue weighted by Gasteiger charge is 2.21. The maximum absolute atomic E-state index is 6.14. The Bertz CT molecular complexity index is 406. The molecule has 0 amide bonds. The third kappa shape index (κ3) is 3.97. The Hall–Kier alpha value is -1.06. The highest BCUT2D eigenvalue weighted by Crippen LogP contribution is 2.27. The molecular weight excluding hydrogens is 248 g/mol. The van der Waals surface area contributed by atoms with Crippen molar-refractivity contribution < 1.29 is 4.74 Å². The Morgan fingerprint density at radius 2 is 2.20 bits per heavy atom. The summed E-state index contributed by atoms with van der Waals surface area (Å²) in [5.74, 6) is 0.654. The average Bonchev–Trinajstić information content (AvgIpc) is 2.48. The van der Waals surface area contributed by atoms with Gasteiger partial charge in [0.05, 0.1) is 6.61 Å². The van der Waals surface area contributed by atoms with Crippen LogP contribution in [0.2, 0.25) is 0 Å². The fourth-order valence-corrected chi connectivity index (χ4v) is 3.07. The quantitative estimate of drug-likeness (QED) is 0.868. The molecule has 2 unspecified atom stereocenters. The summed E-state index contributed by atoms with van der Waals surface area (Å²) >= 11 is 0. The van der Waals surface area contributed by atoms with E-state index in [1.807, 2.05) is 0 Å². The number of piperidine rings is 1. The van der Waals surface area contributed by atoms with E-state index < -0.39 is 0 Å². The third-order valence-electron chi connectivity index (χ3n) is 4.26. The van der Waals surface area contributed by atoms with Crippen molar-refractivity contribution in [2.24, 2.45) is 11.7 Å². The predicted octanol–water partition coefficient (Wildman–Crippen LogP) is 2.83. The van der Waals surface area contributed by atoms with Crippen LogP contribution in [0.3, 0.4) is 0 Å². The van der Waals surface area contributed by atoms with Gasteiger partial charge in [-0.1, -0.05) is 25.1 Å². The zero-order chi connectivity index (χ0) is 14.4. The molecule has 1 aliphatic heterocycles. The first-order valence-corrected chi connectivity index (χ1v) is 7.82. The monoisotopic (exact) mass is 276 g/mol. The normalized spacial score (nSPS) is 20.9. The number of ether oxygens (including phenoxy) is 1. The minimum atomic E-state index is 0.260. The van der Waals surface area contributed by atoms with Crippen LogP contribution in [-0.2, 0) is 11.2 Å². The van der Waals surface area contributed by atoms with Crippen LogP contribution in [0.25, 0.3) is 0 Å². The van der Waals surface area contributed by atoms with Crippen LogP contribution in [0.1, 0.15) is 31.7 Å². The van der Waals surface area contributed by atoms with E-state index in [-0.39, 0.29) is 6.04 Å². The molecule has 1 aromatic carbocycles. The van der Waals surface area contributed by atoms with Gasteiger partial charge in [-0.3, -0.25) is 0 Å². The molecule has 3 heteroatoms. The van der Waals surface area contributed by atoms with Crippen LogP contribution < -0.4 is 10.6 Å². The van der Waals surface area contributed by atoms with Gasteiger partial charge in [0.25, 0.3) is 0 Å². The molecule has 1 saturated heterocycles. The van der Waals surface area contributed by atoms with E-state index in [4.69, 9.17) is 10.5 Å². The van der Waals surface area contributed by atoms with E-state index in [9.17, 15) is 0 Å². The topological polar surface area (TPSA) is 38.5 Å². The number of para-hydroxylation sites is 1. The van der Waals surface area contributed by atoms with Gasteiger partial charge in [0.2, 0.25) is 0 Å². The fourth-order valence-electron chi connectivity index (χ4n) is 3.07. The molecule has 0 aromatic heterocycles. The van der Waals surface area contributed by atoms with Gasteiger partial charge in [-0.05, 0) is 43.2 Å². The van der Waals surface area contributed by atoms with Gasteiger partial charge in [0.15, 0.2) is 0 Å². The molecule has 1 aliphatic rings. The maximum atomic E-state index is 6.14. The van der Waals surface area contributed by atoms with Gasteiger partial charge in [0, 0.05) is 31.9 Å². The number of anilines is 1. The number of hydrogen-bond donors (Lipinski definition) is 1. The first-order valence-electron chi connectivity index (χ1n) is 7.82. The molecule has 0 bridgehead atoms. The van der Waals surface area contributed by atoms with Crippen molar-refractivity contribution >= 4 is 5.69 Å². The Morgan fingerprint density at radius 3 is 2.95 bits per heavy atom. The van der Waals surface area contributed by atoms with E-state index >= 15 is 0 Å². The molecule has 0 spiro atoms. The molecule has 112 valence electrons. The summed E-state index contributed by atoms with van der Waals surface area (Å²) in [6.07, 6.45) is 4.53. The number of methoxy groups -OCH3 is 1. The van der Waals surface area contributed by atoms with Crippen LogP contribution in [0.5, 0.6) is 0 Å². The molecule has 0 aliphatic carbocycles. The SMILES string of the molecule is CCC(N)Cc1ccccc1N1CCCC(COC)C1. The van der Waals surface area contributed by atoms with E-state index in [0.29, 0.717) is 5.92 Å². The fraction of sp³-hybridized carbons (Fsp3) is 0.647. The summed E-state index contributed by atoms with van der Waals surface area (Å²) in [5.41, 5.74) is 8.90. The lowest BCUT2D eigenvalue weighted by atomic mass is 9.96. The molecule has 1 aromatic rings. The number of hydrogen-bond acceptors (Lipinski definition) is 3. The molecule has 2 atom stereocenters. The minimum absolute atomic E-state index is 0.260. The van der Waals surface area contributed by atoms with Gasteiger partial charge in [0.1, 0.15) is 0 Å². The van der Waals surface area contributed by atoms with Crippen molar-refractivity contribution in [1.29, 1.82) is 0 Å². The Morgan fingerprint density at radius 1 is 1.40 bits per heavy atom. The number of nitrogens with zero attached hydrogens (tertiary/aromatic N) is 1. The van der Waals surface area contributed by atoms with Crippen molar-refractivity contribution in [1.82, 2.24) is 0 Å². The second-order valence-corrected chi connectivity index (χ2v) is 5.91. The van der Waals surface area contributed by atoms with E-state index in [1.165, 1.54) is 24.1 Å². The first kappa shape index (κ1) is 15.3. The van der Waals surface area contributed by atoms with Crippen LogP contribution in [0.4, 0.5) is 5.69 Å². The number of benzene rings is 1. The Balaban J connectivity index is 2.10. The zero-order valence-corrected chi connectivity index (χ0v) is 12.8. The molecule has 0 radical (unpaired) electrons. The molecule has 0 saturated carbocycles. The molecular formula is C17H28N2O. The van der Waals surface area contributed by atoms with Gasteiger partial charge < -0.3 is 15.4 Å². The summed E-state index contributed by atoms with van der Waals surface area (Å²) in [4.78, 5) is 2.52. The summed E-state index contributed by atoms with van der Waals surface area (Å²) < 4.78 is 5.33. The second kappa shape index (κ2) is 7.65. The van der Waals surface area contributed by atoms with Gasteiger partial charge in [-0.25, -0.2) is 0 Å². The average molecular weight is 276 g/mol. The standard InChI is InChI=1S/C17H28N2O/c1-3-16(18)11-15-8-4-5-9-17(15)19-10-6-7-14(12-19)13-20-2/h4-5,8-9,14,16H,3,6-7,10-13,18H2,1-2H3. The summed E-state index contributed by atoms with van der Waals surface area (Å²) in [6, 6.07) is 8.99. The third-order valence-corrected chi connectivity index (χ3v) is 4.26. The largest absolute Gasteiger partial charge is 0.384 e. The molecule has 1 heterocycles. The van der Waals surface area contributed by atoms with Crippen molar-refractivity contribution in [3.63, 3.8) is 0 Å². The number of nitrogens with two attached hydrogens (primary N) is 1. The summed E-state index contributed by atoms with van der Waals surface area (Å²) in [7, 11) is 1.80.